The molecule has 1 aromatic rings. The van der Waals surface area contributed by atoms with Crippen molar-refractivity contribution in [3.05, 3.63) is 42.0 Å². The summed E-state index contributed by atoms with van der Waals surface area (Å²) in [4.78, 5) is 36.6. The highest BCUT2D eigenvalue weighted by molar-refractivity contribution is 5.91. The van der Waals surface area contributed by atoms with Gasteiger partial charge in [-0.2, -0.15) is 0 Å². The summed E-state index contributed by atoms with van der Waals surface area (Å²) in [5.74, 6) is -2.18. The molecule has 0 bridgehead atoms. The number of benzene rings is 1. The van der Waals surface area contributed by atoms with Crippen molar-refractivity contribution < 1.29 is 24.6 Å². The molecule has 0 radical (unpaired) electrons. The molecule has 0 aliphatic rings. The van der Waals surface area contributed by atoms with E-state index in [1.54, 1.807) is 32.1 Å². The number of nitrogens with one attached hydrogen (secondary N) is 2. The predicted octanol–water partition coefficient (Wildman–Crippen LogP) is 3.56. The molecular weight excluding hydrogens is 396 g/mol. The summed E-state index contributed by atoms with van der Waals surface area (Å²) in [5.41, 5.74) is 0.737. The van der Waals surface area contributed by atoms with Crippen molar-refractivity contribution in [2.24, 2.45) is 5.92 Å². The van der Waals surface area contributed by atoms with E-state index in [2.05, 4.69) is 17.6 Å². The molecule has 0 saturated heterocycles. The molecular formula is C24H36N2O5. The lowest BCUT2D eigenvalue weighted by Gasteiger charge is -2.23. The SMILES string of the molecule is CCCCCC/C=C\CC(=O)N[C@@H](Cc1ccc(O)cc1)C(=O)N[C@H](C(=O)O)C(C)C. The van der Waals surface area contributed by atoms with Crippen LogP contribution in [0.4, 0.5) is 0 Å². The van der Waals surface area contributed by atoms with Crippen LogP contribution in [0.1, 0.15) is 64.9 Å². The average molecular weight is 433 g/mol. The van der Waals surface area contributed by atoms with E-state index in [1.165, 1.54) is 31.4 Å². The second kappa shape index (κ2) is 14.2. The normalized spacial score (nSPS) is 13.2. The molecule has 0 aliphatic carbocycles. The average Bonchev–Trinajstić information content (AvgIpc) is 2.71. The predicted molar refractivity (Wildman–Crippen MR) is 121 cm³/mol. The Morgan fingerprint density at radius 1 is 1.00 bits per heavy atom. The van der Waals surface area contributed by atoms with Gasteiger partial charge in [0.15, 0.2) is 0 Å². The van der Waals surface area contributed by atoms with E-state index in [9.17, 15) is 24.6 Å². The van der Waals surface area contributed by atoms with E-state index >= 15 is 0 Å². The van der Waals surface area contributed by atoms with Crippen LogP contribution in [0.2, 0.25) is 0 Å². The Morgan fingerprint density at radius 2 is 1.68 bits per heavy atom. The maximum absolute atomic E-state index is 12.8. The third-order valence-electron chi connectivity index (χ3n) is 4.95. The van der Waals surface area contributed by atoms with Gasteiger partial charge in [0.1, 0.15) is 17.8 Å². The second-order valence-corrected chi connectivity index (χ2v) is 8.08. The summed E-state index contributed by atoms with van der Waals surface area (Å²) in [5, 5.41) is 24.1. The highest BCUT2D eigenvalue weighted by atomic mass is 16.4. The fraction of sp³-hybridized carbons (Fsp3) is 0.542. The number of hydrogen-bond donors (Lipinski definition) is 4. The number of amides is 2. The molecule has 0 unspecified atom stereocenters. The first-order chi connectivity index (χ1) is 14.7. The van der Waals surface area contributed by atoms with Crippen molar-refractivity contribution in [1.29, 1.82) is 0 Å². The highest BCUT2D eigenvalue weighted by Gasteiger charge is 2.28. The topological polar surface area (TPSA) is 116 Å². The zero-order valence-electron chi connectivity index (χ0n) is 18.8. The number of unbranched alkanes of at least 4 members (excludes halogenated alkanes) is 4. The molecule has 7 nitrogen and oxygen atoms in total. The van der Waals surface area contributed by atoms with Crippen LogP contribution in [-0.4, -0.2) is 40.1 Å². The number of carbonyl (C=O) groups excluding carboxylic acids is 2. The number of phenolic OH excluding ortho intramolecular Hbond substituents is 1. The van der Waals surface area contributed by atoms with Crippen LogP contribution in [0.3, 0.4) is 0 Å². The maximum atomic E-state index is 12.8. The molecule has 0 aliphatic heterocycles. The van der Waals surface area contributed by atoms with Gasteiger partial charge < -0.3 is 20.8 Å². The molecule has 2 atom stereocenters. The van der Waals surface area contributed by atoms with Gasteiger partial charge in [-0.1, -0.05) is 64.3 Å². The molecule has 0 aromatic heterocycles. The van der Waals surface area contributed by atoms with E-state index < -0.39 is 24.0 Å². The minimum atomic E-state index is -1.12. The number of aliphatic carboxylic acids is 1. The number of carboxylic acid groups (broad SMARTS) is 1. The van der Waals surface area contributed by atoms with Crippen molar-refractivity contribution >= 4 is 17.8 Å². The zero-order chi connectivity index (χ0) is 23.2. The van der Waals surface area contributed by atoms with Crippen molar-refractivity contribution in [3.8, 4) is 5.75 Å². The van der Waals surface area contributed by atoms with Gasteiger partial charge in [-0.25, -0.2) is 4.79 Å². The number of allylic oxidation sites excluding steroid dienone is 1. The van der Waals surface area contributed by atoms with Gasteiger partial charge in [0.2, 0.25) is 11.8 Å². The van der Waals surface area contributed by atoms with E-state index in [0.29, 0.717) is 0 Å². The van der Waals surface area contributed by atoms with E-state index in [-0.39, 0.29) is 30.4 Å². The first-order valence-electron chi connectivity index (χ1n) is 11.0. The molecule has 2 amide bonds. The summed E-state index contributed by atoms with van der Waals surface area (Å²) in [7, 11) is 0. The fourth-order valence-corrected chi connectivity index (χ4v) is 3.09. The Bertz CT molecular complexity index is 728. The number of rotatable bonds is 14. The second-order valence-electron chi connectivity index (χ2n) is 8.08. The Kier molecular flexibility index (Phi) is 12.0. The van der Waals surface area contributed by atoms with Crippen LogP contribution < -0.4 is 10.6 Å². The minimum Gasteiger partial charge on any atom is -0.508 e. The molecule has 31 heavy (non-hydrogen) atoms. The molecule has 4 N–H and O–H groups in total. The summed E-state index contributed by atoms with van der Waals surface area (Å²) < 4.78 is 0. The smallest absolute Gasteiger partial charge is 0.326 e. The molecule has 172 valence electrons. The lowest BCUT2D eigenvalue weighted by molar-refractivity contribution is -0.143. The Labute approximate surface area is 184 Å². The summed E-state index contributed by atoms with van der Waals surface area (Å²) in [6.45, 7) is 5.57. The van der Waals surface area contributed by atoms with Gasteiger partial charge in [-0.15, -0.1) is 0 Å². The maximum Gasteiger partial charge on any atom is 0.326 e. The molecule has 1 rings (SSSR count). The van der Waals surface area contributed by atoms with Gasteiger partial charge in [0.25, 0.3) is 0 Å². The van der Waals surface area contributed by atoms with Crippen LogP contribution in [0.15, 0.2) is 36.4 Å². The van der Waals surface area contributed by atoms with E-state index in [4.69, 9.17) is 0 Å². The van der Waals surface area contributed by atoms with Crippen molar-refractivity contribution in [1.82, 2.24) is 10.6 Å². The lowest BCUT2D eigenvalue weighted by Crippen LogP contribution is -2.53. The quantitative estimate of drug-likeness (QED) is 0.265. The van der Waals surface area contributed by atoms with E-state index in [0.717, 1.165) is 18.4 Å². The Balaban J connectivity index is 2.76. The molecule has 0 heterocycles. The van der Waals surface area contributed by atoms with E-state index in [1.807, 2.05) is 6.08 Å². The van der Waals surface area contributed by atoms with Crippen LogP contribution >= 0.6 is 0 Å². The summed E-state index contributed by atoms with van der Waals surface area (Å²) in [6.07, 6.45) is 9.66. The molecule has 0 spiro atoms. The standard InChI is InChI=1S/C24H36N2O5/c1-4-5-6-7-8-9-10-11-21(28)25-20(16-18-12-14-19(27)15-13-18)23(29)26-22(17(2)3)24(30)31/h9-10,12-15,17,20,22,27H,4-8,11,16H2,1-3H3,(H,25,28)(H,26,29)(H,30,31)/b10-9-/t20-,22-/m0/s1. The third kappa shape index (κ3) is 10.7. The van der Waals surface area contributed by atoms with Crippen molar-refractivity contribution in [3.63, 3.8) is 0 Å². The zero-order valence-corrected chi connectivity index (χ0v) is 18.8. The van der Waals surface area contributed by atoms with Crippen LogP contribution in [0.5, 0.6) is 5.75 Å². The molecule has 0 fully saturated rings. The summed E-state index contributed by atoms with van der Waals surface area (Å²) >= 11 is 0. The van der Waals surface area contributed by atoms with Gasteiger partial charge in [0.05, 0.1) is 0 Å². The van der Waals surface area contributed by atoms with Gasteiger partial charge in [0, 0.05) is 12.8 Å². The molecule has 0 saturated carbocycles. The first-order valence-corrected chi connectivity index (χ1v) is 11.0. The Hall–Kier alpha value is -2.83. The van der Waals surface area contributed by atoms with Crippen LogP contribution in [0.25, 0.3) is 0 Å². The molecule has 7 heteroatoms. The number of aromatic hydroxyl groups is 1. The van der Waals surface area contributed by atoms with Crippen LogP contribution in [-0.2, 0) is 20.8 Å². The largest absolute Gasteiger partial charge is 0.508 e. The van der Waals surface area contributed by atoms with Gasteiger partial charge in [-0.3, -0.25) is 9.59 Å². The molecule has 1 aromatic carbocycles. The van der Waals surface area contributed by atoms with Gasteiger partial charge >= 0.3 is 5.97 Å². The van der Waals surface area contributed by atoms with Gasteiger partial charge in [-0.05, 0) is 36.5 Å². The first kappa shape index (κ1) is 26.2. The Morgan fingerprint density at radius 3 is 2.26 bits per heavy atom. The number of carboxylic acids is 1. The number of hydrogen-bond acceptors (Lipinski definition) is 4. The minimum absolute atomic E-state index is 0.101. The lowest BCUT2D eigenvalue weighted by atomic mass is 10.0. The monoisotopic (exact) mass is 432 g/mol. The number of phenols is 1. The van der Waals surface area contributed by atoms with Crippen LogP contribution in [0, 0.1) is 5.92 Å². The summed E-state index contributed by atoms with van der Waals surface area (Å²) in [6, 6.07) is 4.36. The highest BCUT2D eigenvalue weighted by Crippen LogP contribution is 2.12. The number of carbonyl (C=O) groups is 3. The third-order valence-corrected chi connectivity index (χ3v) is 4.95. The van der Waals surface area contributed by atoms with Crippen molar-refractivity contribution in [2.45, 2.75) is 77.8 Å². The fourth-order valence-electron chi connectivity index (χ4n) is 3.09. The van der Waals surface area contributed by atoms with Crippen molar-refractivity contribution in [2.75, 3.05) is 0 Å².